The molecule has 23 heavy (non-hydrogen) atoms. The molecule has 0 radical (unpaired) electrons. The number of hydrogen-bond donors (Lipinski definition) is 1. The first kappa shape index (κ1) is 17.7. The smallest absolute Gasteiger partial charge is 0.248 e. The average molecular weight is 341 g/mol. The van der Waals surface area contributed by atoms with Gasteiger partial charge in [0.05, 0.1) is 25.2 Å². The number of hydrogen-bond acceptors (Lipinski definition) is 5. The first-order valence-electron chi connectivity index (χ1n) is 7.62. The molecule has 1 N–H and O–H groups in total. The number of ether oxygens (including phenoxy) is 2. The molecule has 0 unspecified atom stereocenters. The molecule has 0 spiro atoms. The lowest BCUT2D eigenvalue weighted by atomic mass is 10.1. The summed E-state index contributed by atoms with van der Waals surface area (Å²) in [5, 5.41) is 2.77. The number of rotatable bonds is 7. The second-order valence-corrected chi connectivity index (χ2v) is 8.05. The zero-order chi connectivity index (χ0) is 16.9. The van der Waals surface area contributed by atoms with E-state index in [1.54, 1.807) is 14.0 Å². The highest BCUT2D eigenvalue weighted by Gasteiger charge is 2.28. The Balaban J connectivity index is 1.74. The monoisotopic (exact) mass is 341 g/mol. The van der Waals surface area contributed by atoms with Crippen molar-refractivity contribution in [1.29, 1.82) is 0 Å². The average Bonchev–Trinajstić information content (AvgIpc) is 2.89. The van der Waals surface area contributed by atoms with Gasteiger partial charge in [-0.25, -0.2) is 8.42 Å². The topological polar surface area (TPSA) is 81.7 Å². The molecule has 1 heterocycles. The molecule has 6 nitrogen and oxygen atoms in total. The van der Waals surface area contributed by atoms with Crippen LogP contribution in [0, 0.1) is 5.92 Å². The fourth-order valence-corrected chi connectivity index (χ4v) is 4.34. The molecular weight excluding hydrogens is 318 g/mol. The third-order valence-corrected chi connectivity index (χ3v) is 5.73. The summed E-state index contributed by atoms with van der Waals surface area (Å²) in [7, 11) is -1.31. The Morgan fingerprint density at radius 2 is 2.22 bits per heavy atom. The normalized spacial score (nSPS) is 20.9. The second kappa shape index (κ2) is 7.79. The number of sulfone groups is 1. The van der Waals surface area contributed by atoms with E-state index in [9.17, 15) is 13.2 Å². The van der Waals surface area contributed by atoms with Crippen molar-refractivity contribution in [2.75, 3.05) is 25.2 Å². The van der Waals surface area contributed by atoms with Crippen molar-refractivity contribution in [2.45, 2.75) is 26.1 Å². The molecule has 0 aromatic heterocycles. The highest BCUT2D eigenvalue weighted by atomic mass is 32.2. The molecule has 7 heteroatoms. The fourth-order valence-electron chi connectivity index (χ4n) is 2.48. The zero-order valence-electron chi connectivity index (χ0n) is 13.4. The quantitative estimate of drug-likeness (QED) is 0.804. The standard InChI is InChI=1S/C16H23NO5S/c1-12(22-10-13-4-3-5-15(8-13)21-2)16(18)17-9-14-6-7-23(19,20)11-14/h3-5,8,12,14H,6-7,9-11H2,1-2H3,(H,17,18)/t12-,14-/m1/s1. The molecule has 1 fully saturated rings. The highest BCUT2D eigenvalue weighted by molar-refractivity contribution is 7.91. The summed E-state index contributed by atoms with van der Waals surface area (Å²) in [6.45, 7) is 2.37. The Morgan fingerprint density at radius 1 is 1.43 bits per heavy atom. The molecule has 1 amide bonds. The van der Waals surface area contributed by atoms with E-state index >= 15 is 0 Å². The van der Waals surface area contributed by atoms with Crippen LogP contribution in [0.15, 0.2) is 24.3 Å². The molecule has 1 aromatic rings. The second-order valence-electron chi connectivity index (χ2n) is 5.82. The van der Waals surface area contributed by atoms with E-state index in [1.165, 1.54) is 0 Å². The van der Waals surface area contributed by atoms with Crippen LogP contribution in [-0.4, -0.2) is 45.6 Å². The third kappa shape index (κ3) is 5.51. The molecule has 1 aliphatic heterocycles. The number of carbonyl (C=O) groups is 1. The maximum atomic E-state index is 12.0. The predicted molar refractivity (Wildman–Crippen MR) is 87.0 cm³/mol. The van der Waals surface area contributed by atoms with Crippen molar-refractivity contribution in [3.8, 4) is 5.75 Å². The van der Waals surface area contributed by atoms with Gasteiger partial charge in [0, 0.05) is 6.54 Å². The minimum atomic E-state index is -2.91. The van der Waals surface area contributed by atoms with Crippen molar-refractivity contribution in [2.24, 2.45) is 5.92 Å². The van der Waals surface area contributed by atoms with Crippen LogP contribution >= 0.6 is 0 Å². The van der Waals surface area contributed by atoms with Crippen LogP contribution < -0.4 is 10.1 Å². The van der Waals surface area contributed by atoms with Gasteiger partial charge in [0.2, 0.25) is 5.91 Å². The van der Waals surface area contributed by atoms with Gasteiger partial charge >= 0.3 is 0 Å². The molecule has 2 atom stereocenters. The highest BCUT2D eigenvalue weighted by Crippen LogP contribution is 2.17. The van der Waals surface area contributed by atoms with Crippen molar-refractivity contribution < 1.29 is 22.7 Å². The van der Waals surface area contributed by atoms with Crippen LogP contribution in [0.25, 0.3) is 0 Å². The Hall–Kier alpha value is -1.60. The lowest BCUT2D eigenvalue weighted by Gasteiger charge is -2.15. The summed E-state index contributed by atoms with van der Waals surface area (Å²) in [6.07, 6.45) is 0.0148. The third-order valence-electron chi connectivity index (χ3n) is 3.90. The minimum absolute atomic E-state index is 0.00883. The summed E-state index contributed by atoms with van der Waals surface area (Å²) in [5.41, 5.74) is 0.922. The Bertz CT molecular complexity index is 644. The fraction of sp³-hybridized carbons (Fsp3) is 0.562. The number of nitrogens with one attached hydrogen (secondary N) is 1. The van der Waals surface area contributed by atoms with Gasteiger partial charge in [-0.1, -0.05) is 12.1 Å². The predicted octanol–water partition coefficient (Wildman–Crippen LogP) is 1.15. The van der Waals surface area contributed by atoms with Crippen LogP contribution in [0.4, 0.5) is 0 Å². The Kier molecular flexibility index (Phi) is 6.01. The summed E-state index contributed by atoms with van der Waals surface area (Å²) in [4.78, 5) is 12.0. The molecule has 1 aliphatic rings. The van der Waals surface area contributed by atoms with E-state index < -0.39 is 15.9 Å². The van der Waals surface area contributed by atoms with Gasteiger partial charge in [-0.2, -0.15) is 0 Å². The first-order chi connectivity index (χ1) is 10.9. The van der Waals surface area contributed by atoms with Gasteiger partial charge < -0.3 is 14.8 Å². The Morgan fingerprint density at radius 3 is 2.87 bits per heavy atom. The molecule has 1 aromatic carbocycles. The largest absolute Gasteiger partial charge is 0.497 e. The van der Waals surface area contributed by atoms with Crippen molar-refractivity contribution in [3.63, 3.8) is 0 Å². The lowest BCUT2D eigenvalue weighted by Crippen LogP contribution is -2.37. The van der Waals surface area contributed by atoms with E-state index in [1.807, 2.05) is 24.3 Å². The first-order valence-corrected chi connectivity index (χ1v) is 9.44. The number of benzene rings is 1. The minimum Gasteiger partial charge on any atom is -0.497 e. The molecule has 2 rings (SSSR count). The van der Waals surface area contributed by atoms with Gasteiger partial charge in [0.15, 0.2) is 9.84 Å². The molecule has 128 valence electrons. The zero-order valence-corrected chi connectivity index (χ0v) is 14.3. The summed E-state index contributed by atoms with van der Waals surface area (Å²) >= 11 is 0. The van der Waals surface area contributed by atoms with E-state index in [0.29, 0.717) is 19.6 Å². The van der Waals surface area contributed by atoms with E-state index in [0.717, 1.165) is 11.3 Å². The summed E-state index contributed by atoms with van der Waals surface area (Å²) in [5.74, 6) is 0.902. The maximum absolute atomic E-state index is 12.0. The maximum Gasteiger partial charge on any atom is 0.248 e. The summed E-state index contributed by atoms with van der Waals surface area (Å²) in [6, 6.07) is 7.46. The lowest BCUT2D eigenvalue weighted by molar-refractivity contribution is -0.132. The number of carbonyl (C=O) groups excluding carboxylic acids is 1. The molecular formula is C16H23NO5S. The van der Waals surface area contributed by atoms with Crippen molar-refractivity contribution in [1.82, 2.24) is 5.32 Å². The van der Waals surface area contributed by atoms with Gasteiger partial charge in [-0.3, -0.25) is 4.79 Å². The van der Waals surface area contributed by atoms with E-state index in [2.05, 4.69) is 5.32 Å². The van der Waals surface area contributed by atoms with E-state index in [-0.39, 0.29) is 23.3 Å². The molecule has 0 aliphatic carbocycles. The summed E-state index contributed by atoms with van der Waals surface area (Å²) < 4.78 is 33.5. The van der Waals surface area contributed by atoms with Gasteiger partial charge in [0.1, 0.15) is 11.9 Å². The van der Waals surface area contributed by atoms with Crippen LogP contribution in [0.5, 0.6) is 5.75 Å². The Labute approximate surface area is 137 Å². The molecule has 0 bridgehead atoms. The van der Waals surface area contributed by atoms with Gasteiger partial charge in [-0.05, 0) is 37.0 Å². The van der Waals surface area contributed by atoms with Crippen LogP contribution in [-0.2, 0) is 26.0 Å². The SMILES string of the molecule is COc1cccc(CO[C@H](C)C(=O)NC[C@H]2CCS(=O)(=O)C2)c1. The number of methoxy groups -OCH3 is 1. The van der Waals surface area contributed by atoms with Crippen LogP contribution in [0.1, 0.15) is 18.9 Å². The van der Waals surface area contributed by atoms with Crippen LogP contribution in [0.3, 0.4) is 0 Å². The van der Waals surface area contributed by atoms with Gasteiger partial charge in [-0.15, -0.1) is 0 Å². The van der Waals surface area contributed by atoms with Crippen LogP contribution in [0.2, 0.25) is 0 Å². The number of amides is 1. The van der Waals surface area contributed by atoms with Gasteiger partial charge in [0.25, 0.3) is 0 Å². The van der Waals surface area contributed by atoms with Crippen molar-refractivity contribution >= 4 is 15.7 Å². The molecule has 1 saturated heterocycles. The van der Waals surface area contributed by atoms with E-state index in [4.69, 9.17) is 9.47 Å². The molecule has 0 saturated carbocycles. The van der Waals surface area contributed by atoms with Crippen molar-refractivity contribution in [3.05, 3.63) is 29.8 Å².